The van der Waals surface area contributed by atoms with E-state index in [1.165, 1.54) is 31.2 Å². The first-order chi connectivity index (χ1) is 12.2. The van der Waals surface area contributed by atoms with Crippen LogP contribution in [-0.4, -0.2) is 54.7 Å². The van der Waals surface area contributed by atoms with Gasteiger partial charge in [-0.05, 0) is 49.7 Å². The minimum atomic E-state index is -0.483. The minimum Gasteiger partial charge on any atom is -0.468 e. The Morgan fingerprint density at radius 1 is 1.44 bits per heavy atom. The summed E-state index contributed by atoms with van der Waals surface area (Å²) in [6.07, 6.45) is 5.44. The lowest BCUT2D eigenvalue weighted by molar-refractivity contribution is -0.143. The summed E-state index contributed by atoms with van der Waals surface area (Å²) < 4.78 is 4.75. The predicted molar refractivity (Wildman–Crippen MR) is 96.5 cm³/mol. The number of nitrogens with two attached hydrogens (primary N) is 1. The molecule has 0 spiro atoms. The standard InChI is InChI=1S/C19H28N4O2/c1-25-19(24)15(20)9-13-5-7-17(13)23-10-14(11-23)16-6-4-12-3-2-8-21-18(12)22-16/h4,6,13-15,17H,2-3,5,7-11,20H2,1H3,(H,21,22)/t13?,15-,17+/m0/s1. The summed E-state index contributed by atoms with van der Waals surface area (Å²) in [5.41, 5.74) is 8.50. The van der Waals surface area contributed by atoms with Crippen molar-refractivity contribution in [3.8, 4) is 0 Å². The van der Waals surface area contributed by atoms with Crippen LogP contribution in [0.25, 0.3) is 0 Å². The van der Waals surface area contributed by atoms with Crippen molar-refractivity contribution in [2.24, 2.45) is 11.7 Å². The summed E-state index contributed by atoms with van der Waals surface area (Å²) in [4.78, 5) is 18.9. The van der Waals surface area contributed by atoms with E-state index >= 15 is 0 Å². The molecule has 3 N–H and O–H groups in total. The number of aryl methyl sites for hydroxylation is 1. The SMILES string of the molecule is COC(=O)[C@@H](N)CC1CC[C@H]1N1CC(c2ccc3c(n2)NCCC3)C1. The number of pyridine rings is 1. The molecule has 6 nitrogen and oxygen atoms in total. The first-order valence-corrected chi connectivity index (χ1v) is 9.47. The molecule has 1 aliphatic carbocycles. The van der Waals surface area contributed by atoms with Gasteiger partial charge in [-0.15, -0.1) is 0 Å². The lowest BCUT2D eigenvalue weighted by Gasteiger charge is -2.52. The molecule has 3 heterocycles. The molecule has 6 heteroatoms. The number of hydrogen-bond acceptors (Lipinski definition) is 6. The Hall–Kier alpha value is -1.66. The number of methoxy groups -OCH3 is 1. The fourth-order valence-corrected chi connectivity index (χ4v) is 4.42. The highest BCUT2D eigenvalue weighted by atomic mass is 16.5. The van der Waals surface area contributed by atoms with E-state index in [9.17, 15) is 4.79 Å². The fourth-order valence-electron chi connectivity index (χ4n) is 4.42. The number of ether oxygens (including phenoxy) is 1. The quantitative estimate of drug-likeness (QED) is 0.788. The maximum Gasteiger partial charge on any atom is 0.322 e. The molecule has 0 bridgehead atoms. The maximum absolute atomic E-state index is 11.5. The van der Waals surface area contributed by atoms with Crippen LogP contribution in [0.5, 0.6) is 0 Å². The highest BCUT2D eigenvalue weighted by Crippen LogP contribution is 2.41. The first-order valence-electron chi connectivity index (χ1n) is 9.47. The molecule has 3 atom stereocenters. The lowest BCUT2D eigenvalue weighted by Crippen LogP contribution is -2.58. The number of likely N-dealkylation sites (tertiary alicyclic amines) is 1. The summed E-state index contributed by atoms with van der Waals surface area (Å²) in [6, 6.07) is 4.54. The first kappa shape index (κ1) is 16.8. The number of carbonyl (C=O) groups is 1. The second-order valence-electron chi connectivity index (χ2n) is 7.70. The zero-order valence-electron chi connectivity index (χ0n) is 14.9. The van der Waals surface area contributed by atoms with Crippen LogP contribution in [0.2, 0.25) is 0 Å². The van der Waals surface area contributed by atoms with E-state index in [-0.39, 0.29) is 5.97 Å². The molecular formula is C19H28N4O2. The van der Waals surface area contributed by atoms with Gasteiger partial charge >= 0.3 is 5.97 Å². The van der Waals surface area contributed by atoms with Crippen molar-refractivity contribution >= 4 is 11.8 Å². The van der Waals surface area contributed by atoms with E-state index in [0.29, 0.717) is 17.9 Å². The third kappa shape index (κ3) is 3.25. The molecule has 1 unspecified atom stereocenters. The molecule has 0 radical (unpaired) electrons. The zero-order valence-corrected chi connectivity index (χ0v) is 14.9. The number of nitrogens with zero attached hydrogens (tertiary/aromatic N) is 2. The van der Waals surface area contributed by atoms with E-state index in [2.05, 4.69) is 22.3 Å². The topological polar surface area (TPSA) is 80.5 Å². The Morgan fingerprint density at radius 2 is 2.28 bits per heavy atom. The Kier molecular flexibility index (Phi) is 4.65. The van der Waals surface area contributed by atoms with Crippen LogP contribution >= 0.6 is 0 Å². The smallest absolute Gasteiger partial charge is 0.322 e. The van der Waals surface area contributed by atoms with E-state index in [1.54, 1.807) is 0 Å². The average molecular weight is 344 g/mol. The molecule has 3 aliphatic rings. The van der Waals surface area contributed by atoms with Gasteiger partial charge in [-0.1, -0.05) is 6.07 Å². The van der Waals surface area contributed by atoms with Gasteiger partial charge < -0.3 is 15.8 Å². The van der Waals surface area contributed by atoms with Crippen LogP contribution < -0.4 is 11.1 Å². The van der Waals surface area contributed by atoms with Gasteiger partial charge in [0, 0.05) is 37.3 Å². The number of nitrogens with one attached hydrogen (secondary N) is 1. The van der Waals surface area contributed by atoms with Crippen LogP contribution in [0.1, 0.15) is 42.9 Å². The molecule has 2 aliphatic heterocycles. The maximum atomic E-state index is 11.5. The van der Waals surface area contributed by atoms with Crippen LogP contribution in [0.15, 0.2) is 12.1 Å². The largest absolute Gasteiger partial charge is 0.468 e. The number of hydrogen-bond donors (Lipinski definition) is 2. The van der Waals surface area contributed by atoms with Gasteiger partial charge in [0.2, 0.25) is 0 Å². The Morgan fingerprint density at radius 3 is 3.00 bits per heavy atom. The van der Waals surface area contributed by atoms with E-state index in [4.69, 9.17) is 15.5 Å². The second-order valence-corrected chi connectivity index (χ2v) is 7.70. The van der Waals surface area contributed by atoms with Gasteiger partial charge in [0.15, 0.2) is 0 Å². The number of carbonyl (C=O) groups excluding carboxylic acids is 1. The highest BCUT2D eigenvalue weighted by molar-refractivity contribution is 5.75. The zero-order chi connectivity index (χ0) is 17.4. The summed E-state index contributed by atoms with van der Waals surface area (Å²) in [5, 5.41) is 3.42. The van der Waals surface area contributed by atoms with Crippen molar-refractivity contribution in [1.82, 2.24) is 9.88 Å². The van der Waals surface area contributed by atoms with E-state index < -0.39 is 6.04 Å². The van der Waals surface area contributed by atoms with Crippen LogP contribution in [0.4, 0.5) is 5.82 Å². The van der Waals surface area contributed by atoms with E-state index in [0.717, 1.165) is 44.7 Å². The Balaban J connectivity index is 1.31. The summed E-state index contributed by atoms with van der Waals surface area (Å²) >= 11 is 0. The van der Waals surface area contributed by atoms with Crippen LogP contribution in [0, 0.1) is 5.92 Å². The highest BCUT2D eigenvalue weighted by Gasteiger charge is 2.43. The molecule has 1 aromatic heterocycles. The third-order valence-corrected chi connectivity index (χ3v) is 6.15. The molecule has 2 fully saturated rings. The van der Waals surface area contributed by atoms with Crippen molar-refractivity contribution in [3.05, 3.63) is 23.4 Å². The number of esters is 1. The van der Waals surface area contributed by atoms with Gasteiger partial charge in [-0.2, -0.15) is 0 Å². The second kappa shape index (κ2) is 6.92. The van der Waals surface area contributed by atoms with Crippen molar-refractivity contribution in [2.75, 3.05) is 32.1 Å². The molecule has 136 valence electrons. The summed E-state index contributed by atoms with van der Waals surface area (Å²) in [7, 11) is 1.40. The monoisotopic (exact) mass is 344 g/mol. The van der Waals surface area contributed by atoms with Crippen LogP contribution in [-0.2, 0) is 16.0 Å². The van der Waals surface area contributed by atoms with Gasteiger partial charge in [0.1, 0.15) is 11.9 Å². The molecule has 0 amide bonds. The van der Waals surface area contributed by atoms with Crippen molar-refractivity contribution in [1.29, 1.82) is 0 Å². The molecule has 0 aromatic carbocycles. The summed E-state index contributed by atoms with van der Waals surface area (Å²) in [5.74, 6) is 1.85. The summed E-state index contributed by atoms with van der Waals surface area (Å²) in [6.45, 7) is 3.17. The minimum absolute atomic E-state index is 0.294. The Bertz CT molecular complexity index is 644. The number of rotatable bonds is 5. The predicted octanol–water partition coefficient (Wildman–Crippen LogP) is 1.51. The number of aromatic nitrogens is 1. The van der Waals surface area contributed by atoms with Crippen molar-refractivity contribution in [3.63, 3.8) is 0 Å². The Labute approximate surface area is 149 Å². The van der Waals surface area contributed by atoms with Crippen molar-refractivity contribution in [2.45, 2.75) is 50.1 Å². The molecule has 1 saturated carbocycles. The molecule has 1 saturated heterocycles. The number of fused-ring (bicyclic) bond motifs is 1. The third-order valence-electron chi connectivity index (χ3n) is 6.15. The van der Waals surface area contributed by atoms with Crippen molar-refractivity contribution < 1.29 is 9.53 Å². The van der Waals surface area contributed by atoms with E-state index in [1.807, 2.05) is 0 Å². The molecule has 25 heavy (non-hydrogen) atoms. The lowest BCUT2D eigenvalue weighted by atomic mass is 9.73. The van der Waals surface area contributed by atoms with Crippen LogP contribution in [0.3, 0.4) is 0 Å². The van der Waals surface area contributed by atoms with Gasteiger partial charge in [-0.25, -0.2) is 4.98 Å². The molecular weight excluding hydrogens is 316 g/mol. The molecule has 4 rings (SSSR count). The fraction of sp³-hybridized carbons (Fsp3) is 0.684. The normalized spacial score (nSPS) is 27.4. The molecule has 1 aromatic rings. The van der Waals surface area contributed by atoms with Gasteiger partial charge in [0.25, 0.3) is 0 Å². The average Bonchev–Trinajstić information content (AvgIpc) is 2.59. The van der Waals surface area contributed by atoms with Gasteiger partial charge in [0.05, 0.1) is 7.11 Å². The number of anilines is 1. The van der Waals surface area contributed by atoms with Gasteiger partial charge in [-0.3, -0.25) is 9.69 Å².